The Morgan fingerprint density at radius 3 is 2.77 bits per heavy atom. The molecule has 7 nitrogen and oxygen atoms in total. The average molecular weight is 409 g/mol. The summed E-state index contributed by atoms with van der Waals surface area (Å²) in [5.41, 5.74) is 1.47. The summed E-state index contributed by atoms with van der Waals surface area (Å²) < 4.78 is 10.5. The van der Waals surface area contributed by atoms with E-state index in [1.165, 1.54) is 0 Å². The lowest BCUT2D eigenvalue weighted by Crippen LogP contribution is -2.42. The second-order valence-electron chi connectivity index (χ2n) is 7.85. The van der Waals surface area contributed by atoms with Gasteiger partial charge in [0.05, 0.1) is 19.9 Å². The van der Waals surface area contributed by atoms with E-state index >= 15 is 0 Å². The summed E-state index contributed by atoms with van der Waals surface area (Å²) in [4.78, 5) is 30.5. The maximum atomic E-state index is 12.9. The van der Waals surface area contributed by atoms with Crippen LogP contribution in [0, 0.1) is 11.8 Å². The highest BCUT2D eigenvalue weighted by Crippen LogP contribution is 2.27. The molecular weight excluding hydrogens is 382 g/mol. The van der Waals surface area contributed by atoms with Gasteiger partial charge >= 0.3 is 0 Å². The van der Waals surface area contributed by atoms with Gasteiger partial charge in [0.1, 0.15) is 17.2 Å². The average Bonchev–Trinajstić information content (AvgIpc) is 3.45. The lowest BCUT2D eigenvalue weighted by atomic mass is 9.84. The van der Waals surface area contributed by atoms with Gasteiger partial charge in [-0.1, -0.05) is 6.92 Å². The van der Waals surface area contributed by atoms with E-state index < -0.39 is 0 Å². The van der Waals surface area contributed by atoms with Crippen LogP contribution < -0.4 is 10.1 Å². The number of carbonyl (C=O) groups excluding carboxylic acids is 2. The molecule has 3 heterocycles. The molecule has 1 aliphatic heterocycles. The van der Waals surface area contributed by atoms with Gasteiger partial charge < -0.3 is 24.4 Å². The number of hydrogen-bond acceptors (Lipinski definition) is 4. The number of carbonyl (C=O) groups is 2. The smallest absolute Gasteiger partial charge is 0.270 e. The molecule has 1 aromatic carbocycles. The number of hydrogen-bond donors (Lipinski definition) is 2. The van der Waals surface area contributed by atoms with Crippen LogP contribution in [0.3, 0.4) is 0 Å². The molecule has 0 saturated carbocycles. The topological polar surface area (TPSA) is 87.6 Å². The molecule has 30 heavy (non-hydrogen) atoms. The zero-order chi connectivity index (χ0) is 21.1. The SMILES string of the molecule is COc1ccc2cc(C(=O)N3CCC(C(C)C(=O)NCc4ccco4)CC3)[nH]c2c1. The van der Waals surface area contributed by atoms with Crippen molar-refractivity contribution in [2.24, 2.45) is 11.8 Å². The molecule has 0 radical (unpaired) electrons. The van der Waals surface area contributed by atoms with Crippen LogP contribution in [0.4, 0.5) is 0 Å². The molecule has 1 saturated heterocycles. The quantitative estimate of drug-likeness (QED) is 0.651. The van der Waals surface area contributed by atoms with E-state index in [4.69, 9.17) is 9.15 Å². The van der Waals surface area contributed by atoms with E-state index in [1.807, 2.05) is 42.2 Å². The molecule has 0 bridgehead atoms. The molecule has 0 spiro atoms. The zero-order valence-corrected chi connectivity index (χ0v) is 17.3. The number of benzene rings is 1. The van der Waals surface area contributed by atoms with Crippen LogP contribution >= 0.6 is 0 Å². The Morgan fingerprint density at radius 2 is 2.07 bits per heavy atom. The third-order valence-electron chi connectivity index (χ3n) is 6.02. The highest BCUT2D eigenvalue weighted by molar-refractivity contribution is 5.98. The predicted octanol–water partition coefficient (Wildman–Crippen LogP) is 3.57. The van der Waals surface area contributed by atoms with Crippen LogP contribution in [0.1, 0.15) is 36.0 Å². The molecule has 1 aliphatic rings. The van der Waals surface area contributed by atoms with Crippen molar-refractivity contribution < 1.29 is 18.7 Å². The van der Waals surface area contributed by atoms with Crippen molar-refractivity contribution in [2.45, 2.75) is 26.3 Å². The van der Waals surface area contributed by atoms with E-state index in [9.17, 15) is 9.59 Å². The second-order valence-corrected chi connectivity index (χ2v) is 7.85. The Balaban J connectivity index is 1.32. The fourth-order valence-electron chi connectivity index (χ4n) is 4.08. The maximum absolute atomic E-state index is 12.9. The maximum Gasteiger partial charge on any atom is 0.270 e. The lowest BCUT2D eigenvalue weighted by Gasteiger charge is -2.34. The first-order valence-electron chi connectivity index (χ1n) is 10.3. The van der Waals surface area contributed by atoms with Crippen LogP contribution in [0.5, 0.6) is 5.75 Å². The van der Waals surface area contributed by atoms with Crippen LogP contribution in [0.25, 0.3) is 10.9 Å². The molecule has 2 N–H and O–H groups in total. The lowest BCUT2D eigenvalue weighted by molar-refractivity contribution is -0.126. The Hall–Kier alpha value is -3.22. The molecule has 1 atom stereocenters. The first kappa shape index (κ1) is 20.1. The van der Waals surface area contributed by atoms with Gasteiger partial charge in [-0.25, -0.2) is 0 Å². The molecule has 158 valence electrons. The fourth-order valence-corrected chi connectivity index (χ4v) is 4.08. The van der Waals surface area contributed by atoms with Crippen molar-refractivity contribution in [1.82, 2.24) is 15.2 Å². The van der Waals surface area contributed by atoms with Crippen molar-refractivity contribution in [3.05, 3.63) is 54.1 Å². The predicted molar refractivity (Wildman–Crippen MR) is 113 cm³/mol. The minimum absolute atomic E-state index is 0.00135. The summed E-state index contributed by atoms with van der Waals surface area (Å²) in [5, 5.41) is 3.92. The van der Waals surface area contributed by atoms with E-state index in [1.54, 1.807) is 19.4 Å². The number of aromatic amines is 1. The van der Waals surface area contributed by atoms with Crippen LogP contribution in [0.2, 0.25) is 0 Å². The number of aromatic nitrogens is 1. The van der Waals surface area contributed by atoms with Crippen molar-refractivity contribution in [1.29, 1.82) is 0 Å². The molecular formula is C23H27N3O4. The van der Waals surface area contributed by atoms with Gasteiger partial charge in [0, 0.05) is 36.0 Å². The molecule has 1 fully saturated rings. The van der Waals surface area contributed by atoms with Crippen molar-refractivity contribution in [2.75, 3.05) is 20.2 Å². The first-order valence-corrected chi connectivity index (χ1v) is 10.3. The number of likely N-dealkylation sites (tertiary alicyclic amines) is 1. The molecule has 0 aliphatic carbocycles. The number of piperidine rings is 1. The van der Waals surface area contributed by atoms with Crippen LogP contribution in [0.15, 0.2) is 47.1 Å². The number of furan rings is 1. The highest BCUT2D eigenvalue weighted by Gasteiger charge is 2.30. The number of nitrogens with one attached hydrogen (secondary N) is 2. The molecule has 2 amide bonds. The van der Waals surface area contributed by atoms with Crippen LogP contribution in [-0.2, 0) is 11.3 Å². The number of fused-ring (bicyclic) bond motifs is 1. The second kappa shape index (κ2) is 8.65. The summed E-state index contributed by atoms with van der Waals surface area (Å²) >= 11 is 0. The monoisotopic (exact) mass is 409 g/mol. The molecule has 7 heteroatoms. The van der Waals surface area contributed by atoms with Crippen molar-refractivity contribution in [3.63, 3.8) is 0 Å². The molecule has 2 aromatic heterocycles. The van der Waals surface area contributed by atoms with E-state index in [-0.39, 0.29) is 23.7 Å². The van der Waals surface area contributed by atoms with Crippen molar-refractivity contribution in [3.8, 4) is 5.75 Å². The Labute approximate surface area is 175 Å². The Kier molecular flexibility index (Phi) is 5.79. The summed E-state index contributed by atoms with van der Waals surface area (Å²) in [6.07, 6.45) is 3.23. The van der Waals surface area contributed by atoms with Crippen LogP contribution in [-0.4, -0.2) is 41.9 Å². The van der Waals surface area contributed by atoms with Gasteiger partial charge in [-0.05, 0) is 49.1 Å². The highest BCUT2D eigenvalue weighted by atomic mass is 16.5. The third kappa shape index (κ3) is 4.20. The zero-order valence-electron chi connectivity index (χ0n) is 17.3. The van der Waals surface area contributed by atoms with Crippen molar-refractivity contribution >= 4 is 22.7 Å². The summed E-state index contributed by atoms with van der Waals surface area (Å²) in [6.45, 7) is 3.67. The largest absolute Gasteiger partial charge is 0.497 e. The summed E-state index contributed by atoms with van der Waals surface area (Å²) in [5.74, 6) is 1.69. The van der Waals surface area contributed by atoms with Gasteiger partial charge in [0.2, 0.25) is 5.91 Å². The van der Waals surface area contributed by atoms with Gasteiger partial charge in [-0.2, -0.15) is 0 Å². The number of rotatable bonds is 6. The van der Waals surface area contributed by atoms with Gasteiger partial charge in [0.15, 0.2) is 0 Å². The normalized spacial score (nSPS) is 15.9. The molecule has 3 aromatic rings. The van der Waals surface area contributed by atoms with E-state index in [0.29, 0.717) is 25.3 Å². The number of H-pyrrole nitrogens is 1. The Bertz CT molecular complexity index is 1020. The standard InChI is InChI=1S/C23H27N3O4/c1-15(22(27)24-14-19-4-3-11-30-19)16-7-9-26(10-8-16)23(28)21-12-17-5-6-18(29-2)13-20(17)25-21/h3-6,11-13,15-16,25H,7-10,14H2,1-2H3,(H,24,27). The minimum atomic E-state index is -0.0993. The molecule has 4 rings (SSSR count). The van der Waals surface area contributed by atoms with Gasteiger partial charge in [-0.3, -0.25) is 9.59 Å². The number of methoxy groups -OCH3 is 1. The first-order chi connectivity index (χ1) is 14.5. The van der Waals surface area contributed by atoms with Gasteiger partial charge in [-0.15, -0.1) is 0 Å². The fraction of sp³-hybridized carbons (Fsp3) is 0.391. The Morgan fingerprint density at radius 1 is 1.27 bits per heavy atom. The number of ether oxygens (including phenoxy) is 1. The number of nitrogens with zero attached hydrogens (tertiary/aromatic N) is 1. The summed E-state index contributed by atoms with van der Waals surface area (Å²) in [7, 11) is 1.62. The number of amides is 2. The van der Waals surface area contributed by atoms with Gasteiger partial charge in [0.25, 0.3) is 5.91 Å². The molecule has 1 unspecified atom stereocenters. The van der Waals surface area contributed by atoms with E-state index in [0.717, 1.165) is 35.3 Å². The summed E-state index contributed by atoms with van der Waals surface area (Å²) in [6, 6.07) is 11.2. The minimum Gasteiger partial charge on any atom is -0.497 e. The van der Waals surface area contributed by atoms with E-state index in [2.05, 4.69) is 10.3 Å². The third-order valence-corrected chi connectivity index (χ3v) is 6.02.